The van der Waals surface area contributed by atoms with E-state index < -0.39 is 5.97 Å². The van der Waals surface area contributed by atoms with Crippen molar-refractivity contribution in [3.63, 3.8) is 0 Å². The molecule has 0 radical (unpaired) electrons. The molecule has 0 aliphatic heterocycles. The summed E-state index contributed by atoms with van der Waals surface area (Å²) in [5.41, 5.74) is 0.728. The van der Waals surface area contributed by atoms with Crippen molar-refractivity contribution < 1.29 is 24.4 Å². The van der Waals surface area contributed by atoms with Gasteiger partial charge in [-0.1, -0.05) is 49.7 Å². The quantitative estimate of drug-likeness (QED) is 0.456. The lowest BCUT2D eigenvalue weighted by molar-refractivity contribution is -0.149. The lowest BCUT2D eigenvalue weighted by Gasteiger charge is -2.16. The topological polar surface area (TPSA) is 65.0 Å². The smallest absolute Gasteiger partial charge is 0.389 e. The number of hydrogen-bond donors (Lipinski definition) is 1. The molecule has 5 heteroatoms. The van der Waals surface area contributed by atoms with Crippen LogP contribution >= 0.6 is 0 Å². The van der Waals surface area contributed by atoms with Gasteiger partial charge in [-0.15, -0.1) is 0 Å². The van der Waals surface area contributed by atoms with Crippen LogP contribution in [0, 0.1) is 0 Å². The second kappa shape index (κ2) is 8.76. The predicted octanol–water partition coefficient (Wildman–Crippen LogP) is 5.29. The number of benzene rings is 3. The van der Waals surface area contributed by atoms with Gasteiger partial charge in [0, 0.05) is 5.56 Å². The molecule has 0 heterocycles. The van der Waals surface area contributed by atoms with Crippen LogP contribution in [-0.4, -0.2) is 11.1 Å². The molecule has 0 saturated carbocycles. The monoisotopic (exact) mass is 364 g/mol. The van der Waals surface area contributed by atoms with Crippen LogP contribution in [0.4, 0.5) is 0 Å². The summed E-state index contributed by atoms with van der Waals surface area (Å²) in [4.78, 5) is 22.6. The molecule has 0 aromatic heterocycles. The predicted molar refractivity (Wildman–Crippen MR) is 101 cm³/mol. The highest BCUT2D eigenvalue weighted by molar-refractivity contribution is 5.93. The highest BCUT2D eigenvalue weighted by atomic mass is 17.2. The summed E-state index contributed by atoms with van der Waals surface area (Å²) in [5.74, 6) is 0.595. The van der Waals surface area contributed by atoms with Gasteiger partial charge < -0.3 is 9.84 Å². The minimum Gasteiger partial charge on any atom is -0.508 e. The van der Waals surface area contributed by atoms with Gasteiger partial charge in [0.1, 0.15) is 22.8 Å². The summed E-state index contributed by atoms with van der Waals surface area (Å²) in [6.07, 6.45) is 1.33. The third kappa shape index (κ3) is 4.58. The van der Waals surface area contributed by atoms with Crippen molar-refractivity contribution in [3.8, 4) is 23.0 Å². The van der Waals surface area contributed by atoms with Gasteiger partial charge in [0.25, 0.3) is 0 Å². The van der Waals surface area contributed by atoms with E-state index in [-0.39, 0.29) is 17.1 Å². The van der Waals surface area contributed by atoms with E-state index in [1.165, 1.54) is 12.1 Å². The zero-order valence-corrected chi connectivity index (χ0v) is 14.9. The SMILES string of the molecule is CCCc1c(O)ccc(C(=O)OOc2ccccc2)c1Oc1ccccc1. The average molecular weight is 364 g/mol. The van der Waals surface area contributed by atoms with Crippen molar-refractivity contribution in [3.05, 3.63) is 83.9 Å². The molecule has 0 atom stereocenters. The Morgan fingerprint density at radius 2 is 1.52 bits per heavy atom. The van der Waals surface area contributed by atoms with Gasteiger partial charge in [-0.05, 0) is 42.8 Å². The third-order valence-corrected chi connectivity index (χ3v) is 3.88. The molecule has 0 saturated heterocycles. The van der Waals surface area contributed by atoms with Gasteiger partial charge in [0.15, 0.2) is 5.75 Å². The van der Waals surface area contributed by atoms with Crippen LogP contribution in [0.1, 0.15) is 29.3 Å². The van der Waals surface area contributed by atoms with E-state index in [2.05, 4.69) is 0 Å². The first-order valence-corrected chi connectivity index (χ1v) is 8.70. The Morgan fingerprint density at radius 1 is 0.889 bits per heavy atom. The molecule has 0 unspecified atom stereocenters. The van der Waals surface area contributed by atoms with Crippen LogP contribution in [-0.2, 0) is 11.3 Å². The van der Waals surface area contributed by atoms with Gasteiger partial charge >= 0.3 is 5.97 Å². The number of carbonyl (C=O) groups excluding carboxylic acids is 1. The standard InChI is InChI=1S/C22H20O5/c1-2-9-18-20(23)15-14-19(21(18)25-16-10-5-3-6-11-16)22(24)27-26-17-12-7-4-8-13-17/h3-8,10-15,23H,2,9H2,1H3. The van der Waals surface area contributed by atoms with Crippen molar-refractivity contribution >= 4 is 5.97 Å². The van der Waals surface area contributed by atoms with Crippen molar-refractivity contribution in [2.45, 2.75) is 19.8 Å². The van der Waals surface area contributed by atoms with E-state index in [0.717, 1.165) is 6.42 Å². The average Bonchev–Trinajstić information content (AvgIpc) is 2.70. The van der Waals surface area contributed by atoms with Crippen LogP contribution < -0.4 is 9.62 Å². The van der Waals surface area contributed by atoms with Crippen LogP contribution in [0.3, 0.4) is 0 Å². The third-order valence-electron chi connectivity index (χ3n) is 3.88. The van der Waals surface area contributed by atoms with Gasteiger partial charge in [-0.2, -0.15) is 0 Å². The molecule has 0 fully saturated rings. The Balaban J connectivity index is 1.90. The van der Waals surface area contributed by atoms with Gasteiger partial charge in [-0.3, -0.25) is 4.89 Å². The lowest BCUT2D eigenvalue weighted by atomic mass is 10.0. The minimum absolute atomic E-state index is 0.0725. The fraction of sp³-hybridized carbons (Fsp3) is 0.136. The number of phenolic OH excluding ortho intramolecular Hbond substituents is 1. The largest absolute Gasteiger partial charge is 0.508 e. The Bertz CT molecular complexity index is 891. The summed E-state index contributed by atoms with van der Waals surface area (Å²) in [6.45, 7) is 1.98. The number of phenols is 1. The Hall–Kier alpha value is -3.47. The molecule has 0 spiro atoms. The van der Waals surface area contributed by atoms with Crippen LogP contribution in [0.2, 0.25) is 0 Å². The summed E-state index contributed by atoms with van der Waals surface area (Å²) in [7, 11) is 0. The molecule has 3 aromatic rings. The maximum absolute atomic E-state index is 12.6. The molecule has 0 bridgehead atoms. The van der Waals surface area contributed by atoms with Crippen molar-refractivity contribution in [1.29, 1.82) is 0 Å². The molecular weight excluding hydrogens is 344 g/mol. The highest BCUT2D eigenvalue weighted by Crippen LogP contribution is 2.36. The Morgan fingerprint density at radius 3 is 2.15 bits per heavy atom. The number of hydrogen-bond acceptors (Lipinski definition) is 5. The number of rotatable bonds is 7. The minimum atomic E-state index is -0.706. The van der Waals surface area contributed by atoms with Crippen molar-refractivity contribution in [2.75, 3.05) is 0 Å². The van der Waals surface area contributed by atoms with Gasteiger partial charge in [0.05, 0.1) is 0 Å². The highest BCUT2D eigenvalue weighted by Gasteiger charge is 2.22. The second-order valence-corrected chi connectivity index (χ2v) is 5.87. The fourth-order valence-electron chi connectivity index (χ4n) is 2.60. The van der Waals surface area contributed by atoms with E-state index >= 15 is 0 Å². The number of para-hydroxylation sites is 2. The summed E-state index contributed by atoms with van der Waals surface area (Å²) < 4.78 is 5.93. The molecular formula is C22H20O5. The zero-order valence-electron chi connectivity index (χ0n) is 14.9. The van der Waals surface area contributed by atoms with Gasteiger partial charge in [-0.25, -0.2) is 9.68 Å². The maximum Gasteiger partial charge on any atom is 0.389 e. The van der Waals surface area contributed by atoms with Crippen LogP contribution in [0.15, 0.2) is 72.8 Å². The van der Waals surface area contributed by atoms with E-state index in [0.29, 0.717) is 23.5 Å². The Kier molecular flexibility index (Phi) is 5.94. The zero-order chi connectivity index (χ0) is 19.1. The van der Waals surface area contributed by atoms with Crippen molar-refractivity contribution in [1.82, 2.24) is 0 Å². The molecule has 0 amide bonds. The maximum atomic E-state index is 12.6. The fourth-order valence-corrected chi connectivity index (χ4v) is 2.60. The van der Waals surface area contributed by atoms with Crippen LogP contribution in [0.5, 0.6) is 23.0 Å². The van der Waals surface area contributed by atoms with E-state index in [4.69, 9.17) is 14.5 Å². The number of ether oxygens (including phenoxy) is 1. The first-order chi connectivity index (χ1) is 13.2. The molecule has 3 aromatic carbocycles. The first-order valence-electron chi connectivity index (χ1n) is 8.70. The van der Waals surface area contributed by atoms with E-state index in [1.807, 2.05) is 31.2 Å². The molecule has 5 nitrogen and oxygen atoms in total. The van der Waals surface area contributed by atoms with E-state index in [1.54, 1.807) is 36.4 Å². The summed E-state index contributed by atoms with van der Waals surface area (Å²) in [5, 5.41) is 10.3. The van der Waals surface area contributed by atoms with E-state index in [9.17, 15) is 9.90 Å². The summed E-state index contributed by atoms with van der Waals surface area (Å²) in [6, 6.07) is 20.7. The first kappa shape index (κ1) is 18.3. The number of carbonyl (C=O) groups is 1. The number of aromatic hydroxyl groups is 1. The molecule has 27 heavy (non-hydrogen) atoms. The normalized spacial score (nSPS) is 10.3. The van der Waals surface area contributed by atoms with Gasteiger partial charge in [0.2, 0.25) is 0 Å². The Labute approximate surface area is 157 Å². The molecule has 0 aliphatic carbocycles. The summed E-state index contributed by atoms with van der Waals surface area (Å²) >= 11 is 0. The van der Waals surface area contributed by atoms with Crippen molar-refractivity contribution in [2.24, 2.45) is 0 Å². The lowest BCUT2D eigenvalue weighted by Crippen LogP contribution is -2.11. The second-order valence-electron chi connectivity index (χ2n) is 5.87. The van der Waals surface area contributed by atoms with Crippen LogP contribution in [0.25, 0.3) is 0 Å². The molecule has 1 N–H and O–H groups in total. The molecule has 0 aliphatic rings. The molecule has 3 rings (SSSR count). The molecule has 138 valence electrons.